The minimum Gasteiger partial charge on any atom is -0.395 e. The number of nitrogens with zero attached hydrogens (tertiary/aromatic N) is 2. The highest BCUT2D eigenvalue weighted by Crippen LogP contribution is 2.14. The summed E-state index contributed by atoms with van der Waals surface area (Å²) in [6, 6.07) is 0.103. The average molecular weight is 248 g/mol. The Balaban J connectivity index is 2.57. The topological polar surface area (TPSA) is 58.0 Å². The van der Waals surface area contributed by atoms with Gasteiger partial charge in [0.1, 0.15) is 0 Å². The molecule has 1 rings (SSSR count). The predicted molar refractivity (Wildman–Crippen MR) is 64.5 cm³/mol. The van der Waals surface area contributed by atoms with Gasteiger partial charge in [-0.25, -0.2) is 9.97 Å². The summed E-state index contributed by atoms with van der Waals surface area (Å²) in [7, 11) is 0. The maximum absolute atomic E-state index is 9.10. The Labute approximate surface area is 98.5 Å². The van der Waals surface area contributed by atoms with Gasteiger partial charge < -0.3 is 10.4 Å². The van der Waals surface area contributed by atoms with E-state index in [0.717, 1.165) is 0 Å². The van der Waals surface area contributed by atoms with Crippen molar-refractivity contribution in [3.05, 3.63) is 17.4 Å². The van der Waals surface area contributed by atoms with Crippen molar-refractivity contribution in [2.24, 2.45) is 0 Å². The highest BCUT2D eigenvalue weighted by atomic mass is 35.5. The number of thioether (sulfide) groups is 1. The van der Waals surface area contributed by atoms with Crippen LogP contribution in [0.4, 0.5) is 5.95 Å². The maximum atomic E-state index is 9.10. The summed E-state index contributed by atoms with van der Waals surface area (Å²) in [6.45, 7) is 2.11. The van der Waals surface area contributed by atoms with Gasteiger partial charge in [0.2, 0.25) is 5.95 Å². The van der Waals surface area contributed by atoms with Crippen molar-refractivity contribution >= 4 is 29.3 Å². The van der Waals surface area contributed by atoms with E-state index in [0.29, 0.717) is 11.0 Å². The van der Waals surface area contributed by atoms with E-state index >= 15 is 0 Å². The zero-order chi connectivity index (χ0) is 11.3. The van der Waals surface area contributed by atoms with Crippen LogP contribution in [0.3, 0.4) is 0 Å². The molecule has 1 heterocycles. The molecule has 84 valence electrons. The largest absolute Gasteiger partial charge is 0.395 e. The van der Waals surface area contributed by atoms with E-state index in [-0.39, 0.29) is 17.9 Å². The lowest BCUT2D eigenvalue weighted by Gasteiger charge is -2.20. The Morgan fingerprint density at radius 2 is 2.13 bits per heavy atom. The van der Waals surface area contributed by atoms with Gasteiger partial charge in [-0.3, -0.25) is 0 Å². The number of hydrogen-bond donors (Lipinski definition) is 2. The molecular formula is C9H14ClN3OS. The number of aliphatic hydroxyl groups is 1. The number of halogens is 1. The van der Waals surface area contributed by atoms with Crippen molar-refractivity contribution in [1.29, 1.82) is 0 Å². The third kappa shape index (κ3) is 3.85. The van der Waals surface area contributed by atoms with E-state index in [1.165, 1.54) is 12.4 Å². The molecule has 0 aliphatic rings. The molecule has 4 nitrogen and oxygen atoms in total. The van der Waals surface area contributed by atoms with Crippen molar-refractivity contribution in [3.63, 3.8) is 0 Å². The van der Waals surface area contributed by atoms with Crippen molar-refractivity contribution in [2.45, 2.75) is 18.2 Å². The summed E-state index contributed by atoms with van der Waals surface area (Å²) in [6.07, 6.45) is 5.04. The van der Waals surface area contributed by atoms with Gasteiger partial charge in [-0.1, -0.05) is 11.6 Å². The Bertz CT molecular complexity index is 292. The molecule has 0 amide bonds. The normalized spacial score (nSPS) is 14.7. The fourth-order valence-corrected chi connectivity index (χ4v) is 1.84. The molecule has 6 heteroatoms. The first-order chi connectivity index (χ1) is 7.17. The Hall–Kier alpha value is -0.520. The molecule has 2 unspecified atom stereocenters. The van der Waals surface area contributed by atoms with Gasteiger partial charge in [0.05, 0.1) is 24.0 Å². The van der Waals surface area contributed by atoms with Crippen LogP contribution in [-0.2, 0) is 0 Å². The number of aromatic nitrogens is 2. The quantitative estimate of drug-likeness (QED) is 0.829. The van der Waals surface area contributed by atoms with Crippen LogP contribution in [0.5, 0.6) is 0 Å². The van der Waals surface area contributed by atoms with Gasteiger partial charge in [0.15, 0.2) is 0 Å². The van der Waals surface area contributed by atoms with Crippen LogP contribution in [0.15, 0.2) is 12.4 Å². The van der Waals surface area contributed by atoms with Gasteiger partial charge in [-0.15, -0.1) is 0 Å². The SMILES string of the molecule is CSC(CO)C(C)Nc1ncc(Cl)cn1. The summed E-state index contributed by atoms with van der Waals surface area (Å²) < 4.78 is 0. The van der Waals surface area contributed by atoms with Crippen molar-refractivity contribution in [3.8, 4) is 0 Å². The van der Waals surface area contributed by atoms with Crippen LogP contribution in [-0.4, -0.2) is 39.2 Å². The molecule has 0 fully saturated rings. The summed E-state index contributed by atoms with van der Waals surface area (Å²) in [4.78, 5) is 8.05. The second-order valence-electron chi connectivity index (χ2n) is 3.11. The van der Waals surface area contributed by atoms with Crippen molar-refractivity contribution in [1.82, 2.24) is 9.97 Å². The molecule has 0 spiro atoms. The van der Waals surface area contributed by atoms with Crippen LogP contribution in [0, 0.1) is 0 Å². The predicted octanol–water partition coefficient (Wildman–Crippen LogP) is 1.65. The third-order valence-electron chi connectivity index (χ3n) is 2.02. The maximum Gasteiger partial charge on any atom is 0.222 e. The molecule has 2 N–H and O–H groups in total. The van der Waals surface area contributed by atoms with Crippen molar-refractivity contribution < 1.29 is 5.11 Å². The number of aliphatic hydroxyl groups excluding tert-OH is 1. The molecular weight excluding hydrogens is 234 g/mol. The second-order valence-corrected chi connectivity index (χ2v) is 4.63. The van der Waals surface area contributed by atoms with Gasteiger partial charge in [-0.2, -0.15) is 11.8 Å². The van der Waals surface area contributed by atoms with E-state index in [2.05, 4.69) is 15.3 Å². The van der Waals surface area contributed by atoms with Crippen LogP contribution in [0.25, 0.3) is 0 Å². The second kappa shape index (κ2) is 6.15. The van der Waals surface area contributed by atoms with Gasteiger partial charge in [0, 0.05) is 11.3 Å². The van der Waals surface area contributed by atoms with Crippen LogP contribution in [0.1, 0.15) is 6.92 Å². The zero-order valence-corrected chi connectivity index (χ0v) is 10.2. The Kier molecular flexibility index (Phi) is 5.14. The van der Waals surface area contributed by atoms with E-state index in [1.807, 2.05) is 13.2 Å². The monoisotopic (exact) mass is 247 g/mol. The molecule has 0 aliphatic heterocycles. The molecule has 0 saturated carbocycles. The van der Waals surface area contributed by atoms with Crippen LogP contribution < -0.4 is 5.32 Å². The Morgan fingerprint density at radius 3 is 2.60 bits per heavy atom. The zero-order valence-electron chi connectivity index (χ0n) is 8.64. The van der Waals surface area contributed by atoms with E-state index in [1.54, 1.807) is 11.8 Å². The minimum absolute atomic E-state index is 0.103. The van der Waals surface area contributed by atoms with E-state index in [9.17, 15) is 0 Å². The first-order valence-electron chi connectivity index (χ1n) is 4.55. The molecule has 15 heavy (non-hydrogen) atoms. The molecule has 1 aromatic rings. The number of rotatable bonds is 5. The van der Waals surface area contributed by atoms with Gasteiger partial charge in [-0.05, 0) is 13.2 Å². The van der Waals surface area contributed by atoms with Gasteiger partial charge >= 0.3 is 0 Å². The van der Waals surface area contributed by atoms with E-state index in [4.69, 9.17) is 16.7 Å². The fourth-order valence-electron chi connectivity index (χ4n) is 1.12. The first kappa shape index (κ1) is 12.5. The Morgan fingerprint density at radius 1 is 1.53 bits per heavy atom. The molecule has 2 atom stereocenters. The number of hydrogen-bond acceptors (Lipinski definition) is 5. The number of anilines is 1. The lowest BCUT2D eigenvalue weighted by Crippen LogP contribution is -2.31. The molecule has 0 aliphatic carbocycles. The lowest BCUT2D eigenvalue weighted by atomic mass is 10.2. The minimum atomic E-state index is 0.103. The third-order valence-corrected chi connectivity index (χ3v) is 3.38. The number of nitrogens with one attached hydrogen (secondary N) is 1. The summed E-state index contributed by atoms with van der Waals surface area (Å²) >= 11 is 7.27. The lowest BCUT2D eigenvalue weighted by molar-refractivity contribution is 0.288. The molecule has 0 saturated heterocycles. The van der Waals surface area contributed by atoms with Crippen LogP contribution in [0.2, 0.25) is 5.02 Å². The highest BCUT2D eigenvalue weighted by molar-refractivity contribution is 7.99. The van der Waals surface area contributed by atoms with Crippen molar-refractivity contribution in [2.75, 3.05) is 18.2 Å². The first-order valence-corrected chi connectivity index (χ1v) is 6.21. The highest BCUT2D eigenvalue weighted by Gasteiger charge is 2.15. The average Bonchev–Trinajstić information content (AvgIpc) is 2.23. The fraction of sp³-hybridized carbons (Fsp3) is 0.556. The van der Waals surface area contributed by atoms with Gasteiger partial charge in [0.25, 0.3) is 0 Å². The standard InChI is InChI=1S/C9H14ClN3OS/c1-6(8(5-14)15-2)13-9-11-3-7(10)4-12-9/h3-4,6,8,14H,5H2,1-2H3,(H,11,12,13). The molecule has 0 radical (unpaired) electrons. The summed E-state index contributed by atoms with van der Waals surface area (Å²) in [5, 5.41) is 12.8. The molecule has 0 aromatic carbocycles. The summed E-state index contributed by atoms with van der Waals surface area (Å²) in [5.74, 6) is 0.527. The molecule has 1 aromatic heterocycles. The van der Waals surface area contributed by atoms with Crippen LogP contribution >= 0.6 is 23.4 Å². The van der Waals surface area contributed by atoms with E-state index < -0.39 is 0 Å². The summed E-state index contributed by atoms with van der Waals surface area (Å²) in [5.41, 5.74) is 0. The smallest absolute Gasteiger partial charge is 0.222 e. The molecule has 0 bridgehead atoms.